The highest BCUT2D eigenvalue weighted by Gasteiger charge is 2.41. The van der Waals surface area contributed by atoms with Crippen molar-refractivity contribution >= 4 is 23.3 Å². The van der Waals surface area contributed by atoms with Crippen LogP contribution >= 0.6 is 0 Å². The average Bonchev–Trinajstić information content (AvgIpc) is 2.60. The number of amides is 2. The summed E-state index contributed by atoms with van der Waals surface area (Å²) in [5.74, 6) is 3.28. The lowest BCUT2D eigenvalue weighted by atomic mass is 10.0. The maximum atomic E-state index is 12.0. The van der Waals surface area contributed by atoms with Crippen LogP contribution in [0.15, 0.2) is 12.1 Å². The van der Waals surface area contributed by atoms with Gasteiger partial charge in [-0.2, -0.15) is 0 Å². The zero-order chi connectivity index (χ0) is 14.3. The van der Waals surface area contributed by atoms with Crippen molar-refractivity contribution in [2.45, 2.75) is 26.8 Å². The van der Waals surface area contributed by atoms with Crippen molar-refractivity contribution in [2.75, 3.05) is 4.90 Å². The van der Waals surface area contributed by atoms with Gasteiger partial charge in [0, 0.05) is 0 Å². The molecule has 0 saturated carbocycles. The van der Waals surface area contributed by atoms with Gasteiger partial charge in [0.15, 0.2) is 0 Å². The van der Waals surface area contributed by atoms with E-state index in [0.717, 1.165) is 11.1 Å². The van der Waals surface area contributed by atoms with E-state index in [-0.39, 0.29) is 0 Å². The second kappa shape index (κ2) is 4.47. The number of nitrogens with one attached hydrogen (secondary N) is 1. The van der Waals surface area contributed by atoms with Crippen LogP contribution in [0, 0.1) is 13.8 Å². The van der Waals surface area contributed by atoms with Crippen molar-refractivity contribution in [3.63, 3.8) is 0 Å². The van der Waals surface area contributed by atoms with Gasteiger partial charge in [0.1, 0.15) is 6.04 Å². The molecule has 1 aliphatic rings. The SMILES string of the molecule is Cc1cc(C)c2c(c1)N(C(C)C(=O)NN)C(=O)C2=O. The van der Waals surface area contributed by atoms with E-state index in [1.165, 1.54) is 11.8 Å². The third-order valence-corrected chi connectivity index (χ3v) is 3.27. The number of Topliss-reactive ketones (excluding diaryl/α,β-unsaturated/α-hetero) is 1. The van der Waals surface area contributed by atoms with Crippen molar-refractivity contribution in [3.8, 4) is 0 Å². The lowest BCUT2D eigenvalue weighted by Gasteiger charge is -2.23. The summed E-state index contributed by atoms with van der Waals surface area (Å²) in [5.41, 5.74) is 4.49. The lowest BCUT2D eigenvalue weighted by molar-refractivity contribution is -0.124. The van der Waals surface area contributed by atoms with Crippen LogP contribution in [0.25, 0.3) is 0 Å². The molecule has 3 N–H and O–H groups in total. The van der Waals surface area contributed by atoms with Crippen LogP contribution in [0.5, 0.6) is 0 Å². The highest BCUT2D eigenvalue weighted by Crippen LogP contribution is 2.34. The van der Waals surface area contributed by atoms with E-state index in [2.05, 4.69) is 0 Å². The fourth-order valence-electron chi connectivity index (χ4n) is 2.38. The number of hydrogen-bond donors (Lipinski definition) is 2. The molecule has 0 aromatic heterocycles. The molecule has 19 heavy (non-hydrogen) atoms. The summed E-state index contributed by atoms with van der Waals surface area (Å²) in [6, 6.07) is 2.73. The Morgan fingerprint density at radius 2 is 1.95 bits per heavy atom. The van der Waals surface area contributed by atoms with Gasteiger partial charge in [0.05, 0.1) is 11.3 Å². The predicted octanol–water partition coefficient (Wildman–Crippen LogP) is 0.211. The first-order chi connectivity index (χ1) is 8.88. The van der Waals surface area contributed by atoms with Gasteiger partial charge in [-0.25, -0.2) is 5.84 Å². The molecule has 100 valence electrons. The quantitative estimate of drug-likeness (QED) is 0.344. The number of benzene rings is 1. The number of hydrogen-bond acceptors (Lipinski definition) is 4. The number of nitrogens with zero attached hydrogens (tertiary/aromatic N) is 1. The number of carbonyl (C=O) groups excluding carboxylic acids is 3. The minimum atomic E-state index is -0.830. The summed E-state index contributed by atoms with van der Waals surface area (Å²) >= 11 is 0. The maximum Gasteiger partial charge on any atom is 0.300 e. The number of hydrazine groups is 1. The minimum Gasteiger partial charge on any atom is -0.292 e. The molecule has 2 amide bonds. The van der Waals surface area contributed by atoms with Crippen LogP contribution in [0.3, 0.4) is 0 Å². The first-order valence-electron chi connectivity index (χ1n) is 5.88. The Morgan fingerprint density at radius 3 is 2.53 bits per heavy atom. The number of aryl methyl sites for hydroxylation is 2. The van der Waals surface area contributed by atoms with E-state index in [4.69, 9.17) is 5.84 Å². The molecule has 1 aromatic rings. The molecule has 6 heteroatoms. The zero-order valence-corrected chi connectivity index (χ0v) is 11.0. The second-order valence-electron chi connectivity index (χ2n) is 4.66. The second-order valence-corrected chi connectivity index (χ2v) is 4.66. The van der Waals surface area contributed by atoms with Gasteiger partial charge < -0.3 is 0 Å². The topological polar surface area (TPSA) is 92.5 Å². The Kier molecular flexibility index (Phi) is 3.11. The molecule has 0 radical (unpaired) electrons. The van der Waals surface area contributed by atoms with Crippen LogP contribution < -0.4 is 16.2 Å². The van der Waals surface area contributed by atoms with Gasteiger partial charge in [-0.3, -0.25) is 24.7 Å². The molecule has 0 spiro atoms. The van der Waals surface area contributed by atoms with Gasteiger partial charge >= 0.3 is 0 Å². The fourth-order valence-corrected chi connectivity index (χ4v) is 2.38. The Hall–Kier alpha value is -2.21. The highest BCUT2D eigenvalue weighted by atomic mass is 16.2. The molecule has 1 unspecified atom stereocenters. The Labute approximate surface area is 110 Å². The summed E-state index contributed by atoms with van der Waals surface area (Å²) in [5, 5.41) is 0. The van der Waals surface area contributed by atoms with Crippen LogP contribution in [0.1, 0.15) is 28.4 Å². The minimum absolute atomic E-state index is 0.368. The van der Waals surface area contributed by atoms with Gasteiger partial charge in [0.2, 0.25) is 0 Å². The summed E-state index contributed by atoms with van der Waals surface area (Å²) in [7, 11) is 0. The van der Waals surface area contributed by atoms with Crippen molar-refractivity contribution < 1.29 is 14.4 Å². The van der Waals surface area contributed by atoms with E-state index in [1.807, 2.05) is 18.4 Å². The molecule has 0 fully saturated rings. The molecule has 0 aliphatic carbocycles. The van der Waals surface area contributed by atoms with Crippen molar-refractivity contribution in [3.05, 3.63) is 28.8 Å². The van der Waals surface area contributed by atoms with E-state index < -0.39 is 23.6 Å². The molecule has 1 aliphatic heterocycles. The number of ketones is 1. The van der Waals surface area contributed by atoms with Crippen LogP contribution in [-0.4, -0.2) is 23.6 Å². The average molecular weight is 261 g/mol. The van der Waals surface area contributed by atoms with E-state index >= 15 is 0 Å². The van der Waals surface area contributed by atoms with Crippen molar-refractivity contribution in [1.29, 1.82) is 0 Å². The first-order valence-corrected chi connectivity index (χ1v) is 5.88. The molecule has 0 saturated heterocycles. The largest absolute Gasteiger partial charge is 0.300 e. The van der Waals surface area contributed by atoms with Gasteiger partial charge in [-0.15, -0.1) is 0 Å². The molecule has 6 nitrogen and oxygen atoms in total. The fraction of sp³-hybridized carbons (Fsp3) is 0.308. The summed E-state index contributed by atoms with van der Waals surface area (Å²) in [6.45, 7) is 5.17. The highest BCUT2D eigenvalue weighted by molar-refractivity contribution is 6.53. The van der Waals surface area contributed by atoms with E-state index in [0.29, 0.717) is 11.3 Å². The molecule has 2 rings (SSSR count). The number of nitrogens with two attached hydrogens (primary N) is 1. The normalized spacial score (nSPS) is 15.5. The monoisotopic (exact) mass is 261 g/mol. The number of anilines is 1. The zero-order valence-electron chi connectivity index (χ0n) is 11.0. The Bertz CT molecular complexity index is 595. The molecule has 1 atom stereocenters. The summed E-state index contributed by atoms with van der Waals surface area (Å²) in [6.07, 6.45) is 0. The number of rotatable bonds is 2. The summed E-state index contributed by atoms with van der Waals surface area (Å²) in [4.78, 5) is 36.8. The molecular weight excluding hydrogens is 246 g/mol. The van der Waals surface area contributed by atoms with Crippen LogP contribution in [-0.2, 0) is 9.59 Å². The Balaban J connectivity index is 2.59. The van der Waals surface area contributed by atoms with Crippen LogP contribution in [0.4, 0.5) is 5.69 Å². The first kappa shape index (κ1) is 13.2. The number of carbonyl (C=O) groups is 3. The van der Waals surface area contributed by atoms with Gasteiger partial charge in [-0.05, 0) is 38.0 Å². The van der Waals surface area contributed by atoms with Crippen LogP contribution in [0.2, 0.25) is 0 Å². The van der Waals surface area contributed by atoms with Crippen molar-refractivity contribution in [2.24, 2.45) is 5.84 Å². The maximum absolute atomic E-state index is 12.0. The predicted molar refractivity (Wildman–Crippen MR) is 69.5 cm³/mol. The third kappa shape index (κ3) is 1.90. The third-order valence-electron chi connectivity index (χ3n) is 3.27. The molecular formula is C13H15N3O3. The smallest absolute Gasteiger partial charge is 0.292 e. The van der Waals surface area contributed by atoms with E-state index in [1.54, 1.807) is 13.0 Å². The molecule has 1 heterocycles. The van der Waals surface area contributed by atoms with E-state index in [9.17, 15) is 14.4 Å². The lowest BCUT2D eigenvalue weighted by Crippen LogP contribution is -2.49. The Morgan fingerprint density at radius 1 is 1.32 bits per heavy atom. The standard InChI is InChI=1S/C13H15N3O3/c1-6-4-7(2)10-9(5-6)16(13(19)11(10)17)8(3)12(18)15-14/h4-5,8H,14H2,1-3H3,(H,15,18). The summed E-state index contributed by atoms with van der Waals surface area (Å²) < 4.78 is 0. The van der Waals surface area contributed by atoms with Gasteiger partial charge in [0.25, 0.3) is 17.6 Å². The molecule has 1 aromatic carbocycles. The molecule has 0 bridgehead atoms. The van der Waals surface area contributed by atoms with Crippen molar-refractivity contribution in [1.82, 2.24) is 5.43 Å². The number of fused-ring (bicyclic) bond motifs is 1. The van der Waals surface area contributed by atoms with Gasteiger partial charge in [-0.1, -0.05) is 6.07 Å².